The quantitative estimate of drug-likeness (QED) is 0.758. The Hall–Kier alpha value is -0.380. The lowest BCUT2D eigenvalue weighted by atomic mass is 10.4. The van der Waals surface area contributed by atoms with Gasteiger partial charge in [-0.2, -0.15) is 0 Å². The summed E-state index contributed by atoms with van der Waals surface area (Å²) in [6.07, 6.45) is 0. The summed E-state index contributed by atoms with van der Waals surface area (Å²) in [4.78, 5) is 16.2. The van der Waals surface area contributed by atoms with Gasteiger partial charge in [-0.15, -0.1) is 0 Å². The first-order chi connectivity index (χ1) is 8.24. The Morgan fingerprint density at radius 1 is 1.39 bits per heavy atom. The van der Waals surface area contributed by atoms with E-state index in [4.69, 9.17) is 28.9 Å². The molecule has 10 heteroatoms. The smallest absolute Gasteiger partial charge is 0.265 e. The van der Waals surface area contributed by atoms with E-state index in [1.165, 1.54) is 12.1 Å². The van der Waals surface area contributed by atoms with E-state index in [1.807, 2.05) is 0 Å². The van der Waals surface area contributed by atoms with Gasteiger partial charge in [0.2, 0.25) is 5.91 Å². The molecule has 0 aromatic heterocycles. The SMILES string of the molecule is NC(=O)CONS(=O)(=O)c1c(Cl)cc(Br)cc1Cl. The number of amides is 1. The van der Waals surface area contributed by atoms with Gasteiger partial charge in [-0.05, 0) is 12.1 Å². The molecule has 6 nitrogen and oxygen atoms in total. The standard InChI is InChI=1S/C8H7BrCl2N2O4S/c9-4-1-5(10)8(6(11)2-4)18(15,16)13-17-3-7(12)14/h1-2,13H,3H2,(H2,12,14). The van der Waals surface area contributed by atoms with Gasteiger partial charge in [-0.3, -0.25) is 9.63 Å². The van der Waals surface area contributed by atoms with Crippen molar-refractivity contribution >= 4 is 55.1 Å². The van der Waals surface area contributed by atoms with E-state index in [0.29, 0.717) is 4.47 Å². The number of sulfonamides is 1. The summed E-state index contributed by atoms with van der Waals surface area (Å²) in [7, 11) is -4.10. The van der Waals surface area contributed by atoms with E-state index in [1.54, 1.807) is 4.89 Å². The van der Waals surface area contributed by atoms with Crippen LogP contribution in [-0.2, 0) is 19.7 Å². The van der Waals surface area contributed by atoms with Crippen molar-refractivity contribution in [3.63, 3.8) is 0 Å². The van der Waals surface area contributed by atoms with Gasteiger partial charge in [0.1, 0.15) is 11.5 Å². The van der Waals surface area contributed by atoms with Crippen molar-refractivity contribution < 1.29 is 18.0 Å². The number of hydrogen-bond donors (Lipinski definition) is 2. The third-order valence-electron chi connectivity index (χ3n) is 1.61. The summed E-state index contributed by atoms with van der Waals surface area (Å²) in [5, 5.41) is -0.186. The first-order valence-electron chi connectivity index (χ1n) is 4.30. The fourth-order valence-corrected chi connectivity index (χ4v) is 3.75. The molecular weight excluding hydrogens is 371 g/mol. The Morgan fingerprint density at radius 3 is 2.33 bits per heavy atom. The molecule has 0 spiro atoms. The van der Waals surface area contributed by atoms with E-state index in [-0.39, 0.29) is 14.9 Å². The molecule has 0 saturated heterocycles. The number of carbonyl (C=O) groups excluding carboxylic acids is 1. The second kappa shape index (κ2) is 6.18. The first kappa shape index (κ1) is 15.7. The molecule has 0 aliphatic heterocycles. The van der Waals surface area contributed by atoms with Gasteiger partial charge in [0, 0.05) is 4.47 Å². The van der Waals surface area contributed by atoms with Crippen molar-refractivity contribution in [1.29, 1.82) is 0 Å². The minimum Gasteiger partial charge on any atom is -0.368 e. The second-order valence-corrected chi connectivity index (χ2v) is 6.35. The van der Waals surface area contributed by atoms with E-state index in [9.17, 15) is 13.2 Å². The highest BCUT2D eigenvalue weighted by atomic mass is 79.9. The predicted octanol–water partition coefficient (Wildman–Crippen LogP) is 1.45. The Labute approximate surface area is 122 Å². The van der Waals surface area contributed by atoms with E-state index < -0.39 is 22.5 Å². The topological polar surface area (TPSA) is 98.5 Å². The Morgan fingerprint density at radius 2 is 1.89 bits per heavy atom. The van der Waals surface area contributed by atoms with Crippen LogP contribution >= 0.6 is 39.1 Å². The maximum atomic E-state index is 11.8. The Kier molecular flexibility index (Phi) is 5.38. The van der Waals surface area contributed by atoms with Crippen molar-refractivity contribution in [2.24, 2.45) is 5.73 Å². The van der Waals surface area contributed by atoms with Crippen LogP contribution < -0.4 is 10.6 Å². The van der Waals surface area contributed by atoms with E-state index >= 15 is 0 Å². The molecule has 0 atom stereocenters. The molecule has 0 bridgehead atoms. The number of nitrogens with one attached hydrogen (secondary N) is 1. The number of halogens is 3. The maximum absolute atomic E-state index is 11.8. The zero-order chi connectivity index (χ0) is 13.9. The largest absolute Gasteiger partial charge is 0.368 e. The number of carbonyl (C=O) groups is 1. The first-order valence-corrected chi connectivity index (χ1v) is 7.33. The number of primary amides is 1. The van der Waals surface area contributed by atoms with Crippen molar-refractivity contribution in [2.75, 3.05) is 6.61 Å². The van der Waals surface area contributed by atoms with Crippen molar-refractivity contribution in [3.05, 3.63) is 26.7 Å². The zero-order valence-electron chi connectivity index (χ0n) is 8.61. The normalized spacial score (nSPS) is 11.5. The lowest BCUT2D eigenvalue weighted by Crippen LogP contribution is -2.29. The van der Waals surface area contributed by atoms with Crippen molar-refractivity contribution in [1.82, 2.24) is 4.89 Å². The van der Waals surface area contributed by atoms with Gasteiger partial charge in [0.05, 0.1) is 10.0 Å². The number of benzene rings is 1. The molecule has 18 heavy (non-hydrogen) atoms. The van der Waals surface area contributed by atoms with Crippen LogP contribution in [-0.4, -0.2) is 20.9 Å². The van der Waals surface area contributed by atoms with Crippen LogP contribution in [0.2, 0.25) is 10.0 Å². The molecular formula is C8H7BrCl2N2O4S. The highest BCUT2D eigenvalue weighted by Gasteiger charge is 2.22. The molecule has 100 valence electrons. The van der Waals surface area contributed by atoms with Gasteiger partial charge in [-0.1, -0.05) is 44.0 Å². The van der Waals surface area contributed by atoms with Gasteiger partial charge < -0.3 is 5.73 Å². The van der Waals surface area contributed by atoms with E-state index in [2.05, 4.69) is 20.8 Å². The molecule has 1 aromatic carbocycles. The number of nitrogens with two attached hydrogens (primary N) is 1. The minimum atomic E-state index is -4.10. The monoisotopic (exact) mass is 376 g/mol. The molecule has 0 fully saturated rings. The molecule has 1 aromatic rings. The molecule has 0 radical (unpaired) electrons. The third-order valence-corrected chi connectivity index (χ3v) is 4.21. The summed E-state index contributed by atoms with van der Waals surface area (Å²) in [6, 6.07) is 2.71. The van der Waals surface area contributed by atoms with Crippen molar-refractivity contribution in [3.8, 4) is 0 Å². The van der Waals surface area contributed by atoms with Gasteiger partial charge in [0.25, 0.3) is 10.0 Å². The van der Waals surface area contributed by atoms with Gasteiger partial charge >= 0.3 is 0 Å². The molecule has 3 N–H and O–H groups in total. The summed E-state index contributed by atoms with van der Waals surface area (Å²) in [5.41, 5.74) is 4.78. The van der Waals surface area contributed by atoms with Crippen LogP contribution in [0.4, 0.5) is 0 Å². The average molecular weight is 378 g/mol. The highest BCUT2D eigenvalue weighted by molar-refractivity contribution is 9.10. The molecule has 0 unspecified atom stereocenters. The lowest BCUT2D eigenvalue weighted by molar-refractivity contribution is -0.123. The summed E-state index contributed by atoms with van der Waals surface area (Å²) in [6.45, 7) is -0.606. The molecule has 1 rings (SSSR count). The zero-order valence-corrected chi connectivity index (χ0v) is 12.5. The minimum absolute atomic E-state index is 0.0930. The average Bonchev–Trinajstić information content (AvgIpc) is 2.13. The van der Waals surface area contributed by atoms with Crippen LogP contribution in [0.15, 0.2) is 21.5 Å². The van der Waals surface area contributed by atoms with Crippen LogP contribution in [0.5, 0.6) is 0 Å². The van der Waals surface area contributed by atoms with Gasteiger partial charge in [0.15, 0.2) is 0 Å². The predicted molar refractivity (Wildman–Crippen MR) is 69.6 cm³/mol. The second-order valence-electron chi connectivity index (χ2n) is 3.04. The Balaban J connectivity index is 3.02. The summed E-state index contributed by atoms with van der Waals surface area (Å²) in [5.74, 6) is -0.828. The van der Waals surface area contributed by atoms with Gasteiger partial charge in [-0.25, -0.2) is 8.42 Å². The lowest BCUT2D eigenvalue weighted by Gasteiger charge is -2.09. The van der Waals surface area contributed by atoms with Crippen LogP contribution in [0, 0.1) is 0 Å². The molecule has 0 saturated carbocycles. The maximum Gasteiger partial charge on any atom is 0.265 e. The van der Waals surface area contributed by atoms with E-state index in [0.717, 1.165) is 0 Å². The molecule has 0 aliphatic rings. The van der Waals surface area contributed by atoms with Crippen LogP contribution in [0.25, 0.3) is 0 Å². The third kappa shape index (κ3) is 4.08. The van der Waals surface area contributed by atoms with Crippen LogP contribution in [0.3, 0.4) is 0 Å². The fourth-order valence-electron chi connectivity index (χ4n) is 1.01. The summed E-state index contributed by atoms with van der Waals surface area (Å²) < 4.78 is 24.1. The van der Waals surface area contributed by atoms with Crippen molar-refractivity contribution in [2.45, 2.75) is 4.90 Å². The van der Waals surface area contributed by atoms with Crippen LogP contribution in [0.1, 0.15) is 0 Å². The highest BCUT2D eigenvalue weighted by Crippen LogP contribution is 2.32. The number of rotatable bonds is 5. The Bertz CT molecular complexity index is 555. The fraction of sp³-hybridized carbons (Fsp3) is 0.125. The summed E-state index contributed by atoms with van der Waals surface area (Å²) >= 11 is 14.7. The number of hydrogen-bond acceptors (Lipinski definition) is 4. The molecule has 0 heterocycles. The molecule has 1 amide bonds. The molecule has 0 aliphatic carbocycles.